The quantitative estimate of drug-likeness (QED) is 0.0409. The Morgan fingerprint density at radius 3 is 2.19 bits per heavy atom. The normalized spacial score (nSPS) is 14.8. The van der Waals surface area contributed by atoms with Gasteiger partial charge in [-0.25, -0.2) is 4.98 Å². The van der Waals surface area contributed by atoms with E-state index >= 15 is 0 Å². The van der Waals surface area contributed by atoms with E-state index in [1.54, 1.807) is 36.4 Å². The minimum Gasteiger partial charge on any atom is -0.491 e. The molecule has 0 aliphatic carbocycles. The zero-order valence-electron chi connectivity index (χ0n) is 38.8. The molecule has 1 fully saturated rings. The summed E-state index contributed by atoms with van der Waals surface area (Å²) in [5.41, 5.74) is 3.09. The van der Waals surface area contributed by atoms with E-state index in [9.17, 15) is 37.1 Å². The van der Waals surface area contributed by atoms with Crippen molar-refractivity contribution in [1.29, 1.82) is 0 Å². The molecule has 2 aliphatic heterocycles. The summed E-state index contributed by atoms with van der Waals surface area (Å²) in [5.74, 6) is -0.348. The number of aromatic amines is 2. The van der Waals surface area contributed by atoms with E-state index in [-0.39, 0.29) is 69.2 Å². The van der Waals surface area contributed by atoms with Crippen LogP contribution < -0.4 is 25.7 Å². The number of hydrogen-bond acceptors (Lipinski definition) is 12. The number of nitrogens with one attached hydrogen (secondary N) is 4. The molecule has 1 atom stereocenters. The molecule has 4 aromatic carbocycles. The Balaban J connectivity index is 0.658. The lowest BCUT2D eigenvalue weighted by Gasteiger charge is -2.29. The van der Waals surface area contributed by atoms with Crippen LogP contribution in [0.25, 0.3) is 28.2 Å². The van der Waals surface area contributed by atoms with Crippen molar-refractivity contribution in [1.82, 2.24) is 35.3 Å². The summed E-state index contributed by atoms with van der Waals surface area (Å²) in [5, 5.41) is 8.54. The van der Waals surface area contributed by atoms with Gasteiger partial charge in [-0.3, -0.25) is 34.4 Å². The summed E-state index contributed by atoms with van der Waals surface area (Å²) < 4.78 is 75.0. The fourth-order valence-corrected chi connectivity index (χ4v) is 8.32. The van der Waals surface area contributed by atoms with Crippen LogP contribution in [0.3, 0.4) is 0 Å². The molecule has 1 saturated heterocycles. The molecule has 18 nitrogen and oxygen atoms in total. The highest BCUT2D eigenvalue weighted by Gasteiger charge is 2.40. The molecule has 22 heteroatoms. The first-order valence-corrected chi connectivity index (χ1v) is 23.6. The van der Waals surface area contributed by atoms with Crippen LogP contribution in [-0.4, -0.2) is 127 Å². The van der Waals surface area contributed by atoms with Gasteiger partial charge in [-0.15, -0.1) is 0 Å². The number of halogens is 4. The van der Waals surface area contributed by atoms with Crippen molar-refractivity contribution < 1.29 is 60.8 Å². The largest absolute Gasteiger partial charge is 0.491 e. The smallest absolute Gasteiger partial charge is 0.416 e. The maximum absolute atomic E-state index is 13.8. The Morgan fingerprint density at radius 2 is 1.50 bits per heavy atom. The van der Waals surface area contributed by atoms with Crippen LogP contribution in [0, 0.1) is 0 Å². The third-order valence-electron chi connectivity index (χ3n) is 11.8. The van der Waals surface area contributed by atoms with Crippen LogP contribution in [-0.2, 0) is 58.9 Å². The summed E-state index contributed by atoms with van der Waals surface area (Å²) >= 11 is 6.14. The molecule has 2 aliphatic rings. The first-order chi connectivity index (χ1) is 34.8. The van der Waals surface area contributed by atoms with E-state index in [0.29, 0.717) is 115 Å². The van der Waals surface area contributed by atoms with Crippen molar-refractivity contribution in [3.05, 3.63) is 128 Å². The molecule has 0 saturated carbocycles. The molecule has 380 valence electrons. The van der Waals surface area contributed by atoms with Crippen LogP contribution >= 0.6 is 11.6 Å². The standard InChI is InChI=1S/C50H51ClF3N7O11/c51-34-11-15-39-40(28-34)57-49(56-39)61-48(66)37(45(59-61)32-7-9-33(10-8-32)50(52,53)54)14-6-31-4-12-35(13-5-31)71-27-26-70-25-24-69-23-22-68-21-20-67-19-18-55-44(63)30-72-42-3-1-2-36-38(42)29-60(47(36)65)41-16-17-43(62)58-46(41)64/h1-5,7-13,15,28,41,59H,6,14,16-27,29-30H2,(H,55,63)(H,56,57)(H,58,62,64). The van der Waals surface area contributed by atoms with Crippen LogP contribution in [0.1, 0.15) is 45.5 Å². The number of imide groups is 1. The van der Waals surface area contributed by atoms with Gasteiger partial charge in [0.25, 0.3) is 17.4 Å². The Kier molecular flexibility index (Phi) is 17.0. The molecular formula is C50H51ClF3N7O11. The molecule has 0 spiro atoms. The lowest BCUT2D eigenvalue weighted by atomic mass is 10.0. The zero-order chi connectivity index (χ0) is 50.6. The molecule has 72 heavy (non-hydrogen) atoms. The van der Waals surface area contributed by atoms with Gasteiger partial charge in [0.2, 0.25) is 17.8 Å². The number of hydrogen-bond donors (Lipinski definition) is 4. The van der Waals surface area contributed by atoms with Crippen molar-refractivity contribution in [2.75, 3.05) is 72.6 Å². The second-order valence-corrected chi connectivity index (χ2v) is 17.1. The van der Waals surface area contributed by atoms with Gasteiger partial charge in [0.05, 0.1) is 81.7 Å². The molecule has 6 aromatic rings. The van der Waals surface area contributed by atoms with Gasteiger partial charge in [0.15, 0.2) is 6.61 Å². The Morgan fingerprint density at radius 1 is 0.806 bits per heavy atom. The Bertz CT molecular complexity index is 2920. The molecule has 1 unspecified atom stereocenters. The van der Waals surface area contributed by atoms with Crippen molar-refractivity contribution in [3.8, 4) is 28.7 Å². The predicted molar refractivity (Wildman–Crippen MR) is 255 cm³/mol. The lowest BCUT2D eigenvalue weighted by Crippen LogP contribution is -2.52. The van der Waals surface area contributed by atoms with E-state index in [1.165, 1.54) is 21.7 Å². The fraction of sp³-hybridized carbons (Fsp3) is 0.360. The molecular weight excluding hydrogens is 967 g/mol. The number of piperidine rings is 1. The molecule has 0 bridgehead atoms. The Labute approximate surface area is 415 Å². The highest BCUT2D eigenvalue weighted by molar-refractivity contribution is 6.31. The first-order valence-electron chi connectivity index (χ1n) is 23.2. The molecule has 4 heterocycles. The van der Waals surface area contributed by atoms with E-state index in [2.05, 4.69) is 25.7 Å². The number of rotatable bonds is 25. The predicted octanol–water partition coefficient (Wildman–Crippen LogP) is 5.57. The van der Waals surface area contributed by atoms with Gasteiger partial charge in [0.1, 0.15) is 24.1 Å². The number of amides is 4. The van der Waals surface area contributed by atoms with Crippen molar-refractivity contribution in [2.45, 2.75) is 44.4 Å². The van der Waals surface area contributed by atoms with Crippen LogP contribution in [0.15, 0.2) is 89.7 Å². The fourth-order valence-electron chi connectivity index (χ4n) is 8.14. The number of aryl methyl sites for hydroxylation is 1. The number of benzene rings is 4. The third kappa shape index (κ3) is 13.1. The number of aromatic nitrogens is 4. The van der Waals surface area contributed by atoms with Gasteiger partial charge in [-0.1, -0.05) is 41.9 Å². The van der Waals surface area contributed by atoms with E-state index in [4.69, 9.17) is 40.0 Å². The van der Waals surface area contributed by atoms with E-state index < -0.39 is 29.2 Å². The molecule has 4 N–H and O–H groups in total. The second-order valence-electron chi connectivity index (χ2n) is 16.7. The number of ether oxygens (including phenoxy) is 6. The molecule has 0 radical (unpaired) electrons. The summed E-state index contributed by atoms with van der Waals surface area (Å²) in [7, 11) is 0. The van der Waals surface area contributed by atoms with Crippen molar-refractivity contribution in [3.63, 3.8) is 0 Å². The van der Waals surface area contributed by atoms with Gasteiger partial charge in [-0.05, 0) is 85.0 Å². The van der Waals surface area contributed by atoms with E-state index in [1.807, 2.05) is 24.3 Å². The topological polar surface area (TPSA) is 217 Å². The van der Waals surface area contributed by atoms with Crippen molar-refractivity contribution in [2.24, 2.45) is 0 Å². The number of alkyl halides is 3. The molecule has 4 amide bonds. The zero-order valence-corrected chi connectivity index (χ0v) is 39.6. The average molecular weight is 1020 g/mol. The monoisotopic (exact) mass is 1020 g/mol. The van der Waals surface area contributed by atoms with Crippen molar-refractivity contribution >= 4 is 46.3 Å². The van der Waals surface area contributed by atoms with Crippen LogP contribution in [0.5, 0.6) is 11.5 Å². The summed E-state index contributed by atoms with van der Waals surface area (Å²) in [6.45, 7) is 3.12. The second kappa shape index (κ2) is 23.9. The lowest BCUT2D eigenvalue weighted by molar-refractivity contribution is -0.138. The SMILES string of the molecule is O=C(COc1cccc2c1CN(C1CCC(=O)NC1=O)C2=O)NCCOCCOCCOCCOCCOc1ccc(CCc2c(-c3ccc(C(F)(F)F)cc3)[nH]n(-c3nc4ccc(Cl)cc4[nH]3)c2=O)cc1. The highest BCUT2D eigenvalue weighted by atomic mass is 35.5. The average Bonchev–Trinajstić information content (AvgIpc) is 4.04. The Hall–Kier alpha value is -7.04. The number of carbonyl (C=O) groups excluding carboxylic acids is 4. The summed E-state index contributed by atoms with van der Waals surface area (Å²) in [6, 6.07) is 21.3. The van der Waals surface area contributed by atoms with Crippen LogP contribution in [0.2, 0.25) is 5.02 Å². The first kappa shape index (κ1) is 51.3. The van der Waals surface area contributed by atoms with E-state index in [0.717, 1.165) is 17.7 Å². The number of nitrogens with zero attached hydrogens (tertiary/aromatic N) is 3. The molecule has 2 aromatic heterocycles. The number of carbonyl (C=O) groups is 4. The third-order valence-corrected chi connectivity index (χ3v) is 12.0. The summed E-state index contributed by atoms with van der Waals surface area (Å²) in [4.78, 5) is 72.2. The van der Waals surface area contributed by atoms with Gasteiger partial charge in [0, 0.05) is 34.7 Å². The van der Waals surface area contributed by atoms with Gasteiger partial charge in [-0.2, -0.15) is 17.9 Å². The summed E-state index contributed by atoms with van der Waals surface area (Å²) in [6.07, 6.45) is -3.36. The molecule has 8 rings (SSSR count). The minimum atomic E-state index is -4.51. The maximum Gasteiger partial charge on any atom is 0.416 e. The van der Waals surface area contributed by atoms with Gasteiger partial charge < -0.3 is 43.6 Å². The number of imidazole rings is 1. The minimum absolute atomic E-state index is 0.136. The van der Waals surface area contributed by atoms with Gasteiger partial charge >= 0.3 is 6.18 Å². The highest BCUT2D eigenvalue weighted by Crippen LogP contribution is 2.34. The maximum atomic E-state index is 13.8. The number of fused-ring (bicyclic) bond motifs is 2. The number of H-pyrrole nitrogens is 2. The van der Waals surface area contributed by atoms with Crippen LogP contribution in [0.4, 0.5) is 13.2 Å².